The fourth-order valence-corrected chi connectivity index (χ4v) is 3.95. The van der Waals surface area contributed by atoms with Gasteiger partial charge in [0.15, 0.2) is 6.10 Å². The third-order valence-electron chi connectivity index (χ3n) is 5.59. The normalized spacial score (nSPS) is 12.1. The molecular weight excluding hydrogens is 433 g/mol. The van der Waals surface area contributed by atoms with Crippen LogP contribution in [0.2, 0.25) is 0 Å². The molecule has 0 N–H and O–H groups in total. The number of esters is 1. The molecule has 0 saturated carbocycles. The van der Waals surface area contributed by atoms with Gasteiger partial charge in [0.2, 0.25) is 0 Å². The number of halogens is 1. The Hall–Kier alpha value is -3.12. The van der Waals surface area contributed by atoms with Crippen LogP contribution in [0.4, 0.5) is 4.39 Å². The molecule has 5 nitrogen and oxygen atoms in total. The maximum Gasteiger partial charge on any atom is 0.335 e. The summed E-state index contributed by atoms with van der Waals surface area (Å²) in [5.74, 6) is 0.530. The Morgan fingerprint density at radius 1 is 0.941 bits per heavy atom. The highest BCUT2D eigenvalue weighted by Gasteiger charge is 2.20. The molecule has 0 bridgehead atoms. The van der Waals surface area contributed by atoms with Crippen LogP contribution in [0.15, 0.2) is 60.7 Å². The summed E-state index contributed by atoms with van der Waals surface area (Å²) < 4.78 is 32.3. The highest BCUT2D eigenvalue weighted by Crippen LogP contribution is 2.27. The molecule has 0 spiro atoms. The van der Waals surface area contributed by atoms with Crippen LogP contribution in [0.5, 0.6) is 5.75 Å². The number of benzene rings is 2. The topological polar surface area (TPSA) is 49.7 Å². The lowest BCUT2D eigenvalue weighted by Crippen LogP contribution is -2.28. The summed E-state index contributed by atoms with van der Waals surface area (Å²) in [6, 6.07) is 18.5. The van der Waals surface area contributed by atoms with Crippen LogP contribution in [0.25, 0.3) is 11.3 Å². The standard InChI is InChI=1S/C28H34FNO4/c1-5-32-27(28(31)33-6-2)19-21-7-13-24(14-8-21)34-18-17-30-25(20(3)4)15-16-26(30)22-9-11-23(29)12-10-22/h7-16,20,27H,5-6,17-19H2,1-4H3/t27-/m0/s1. The zero-order chi connectivity index (χ0) is 24.5. The minimum Gasteiger partial charge on any atom is -0.492 e. The molecule has 34 heavy (non-hydrogen) atoms. The van der Waals surface area contributed by atoms with Crippen molar-refractivity contribution in [2.45, 2.75) is 52.7 Å². The Kier molecular flexibility index (Phi) is 9.28. The van der Waals surface area contributed by atoms with E-state index in [1.807, 2.05) is 31.2 Å². The number of hydrogen-bond acceptors (Lipinski definition) is 4. The second kappa shape index (κ2) is 12.4. The molecule has 3 rings (SSSR count). The summed E-state index contributed by atoms with van der Waals surface area (Å²) in [7, 11) is 0. The lowest BCUT2D eigenvalue weighted by Gasteiger charge is -2.17. The van der Waals surface area contributed by atoms with Gasteiger partial charge in [-0.1, -0.05) is 26.0 Å². The van der Waals surface area contributed by atoms with Crippen LogP contribution < -0.4 is 4.74 Å². The zero-order valence-corrected chi connectivity index (χ0v) is 20.4. The highest BCUT2D eigenvalue weighted by molar-refractivity contribution is 5.75. The van der Waals surface area contributed by atoms with Gasteiger partial charge in [0.05, 0.1) is 13.2 Å². The average Bonchev–Trinajstić information content (AvgIpc) is 3.25. The lowest BCUT2D eigenvalue weighted by atomic mass is 10.1. The van der Waals surface area contributed by atoms with Crippen molar-refractivity contribution < 1.29 is 23.4 Å². The summed E-state index contributed by atoms with van der Waals surface area (Å²) in [6.07, 6.45) is -0.153. The van der Waals surface area contributed by atoms with Gasteiger partial charge >= 0.3 is 5.97 Å². The molecule has 0 fully saturated rings. The van der Waals surface area contributed by atoms with Crippen molar-refractivity contribution in [2.24, 2.45) is 0 Å². The Morgan fingerprint density at radius 3 is 2.26 bits per heavy atom. The summed E-state index contributed by atoms with van der Waals surface area (Å²) in [4.78, 5) is 12.1. The minimum absolute atomic E-state index is 0.243. The van der Waals surface area contributed by atoms with E-state index in [1.54, 1.807) is 19.1 Å². The molecule has 0 amide bonds. The van der Waals surface area contributed by atoms with Crippen molar-refractivity contribution in [3.8, 4) is 17.0 Å². The Labute approximate surface area is 201 Å². The number of carbonyl (C=O) groups is 1. The fourth-order valence-electron chi connectivity index (χ4n) is 3.95. The van der Waals surface area contributed by atoms with E-state index < -0.39 is 6.10 Å². The van der Waals surface area contributed by atoms with E-state index in [4.69, 9.17) is 14.2 Å². The van der Waals surface area contributed by atoms with Gasteiger partial charge in [0.25, 0.3) is 0 Å². The van der Waals surface area contributed by atoms with Gasteiger partial charge in [-0.05, 0) is 79.4 Å². The zero-order valence-electron chi connectivity index (χ0n) is 20.4. The third-order valence-corrected chi connectivity index (χ3v) is 5.59. The van der Waals surface area contributed by atoms with Gasteiger partial charge in [-0.15, -0.1) is 0 Å². The van der Waals surface area contributed by atoms with Gasteiger partial charge < -0.3 is 18.8 Å². The molecule has 3 aromatic rings. The van der Waals surface area contributed by atoms with E-state index in [0.29, 0.717) is 38.7 Å². The molecular formula is C28H34FNO4. The van der Waals surface area contributed by atoms with Crippen molar-refractivity contribution in [3.63, 3.8) is 0 Å². The number of aromatic nitrogens is 1. The molecule has 0 unspecified atom stereocenters. The third kappa shape index (κ3) is 6.70. The molecule has 0 aliphatic heterocycles. The van der Waals surface area contributed by atoms with Crippen LogP contribution in [-0.2, 0) is 27.2 Å². The molecule has 182 valence electrons. The summed E-state index contributed by atoms with van der Waals surface area (Å²) >= 11 is 0. The molecule has 1 atom stereocenters. The number of nitrogens with zero attached hydrogens (tertiary/aromatic N) is 1. The van der Waals surface area contributed by atoms with E-state index in [9.17, 15) is 9.18 Å². The molecule has 2 aromatic carbocycles. The van der Waals surface area contributed by atoms with Gasteiger partial charge in [0, 0.05) is 24.4 Å². The first-order valence-corrected chi connectivity index (χ1v) is 11.9. The largest absolute Gasteiger partial charge is 0.492 e. The molecule has 0 saturated heterocycles. The maximum absolute atomic E-state index is 13.4. The van der Waals surface area contributed by atoms with Gasteiger partial charge in [-0.3, -0.25) is 0 Å². The predicted molar refractivity (Wildman–Crippen MR) is 132 cm³/mol. The maximum atomic E-state index is 13.4. The fraction of sp³-hybridized carbons (Fsp3) is 0.393. The summed E-state index contributed by atoms with van der Waals surface area (Å²) in [5, 5.41) is 0. The monoisotopic (exact) mass is 467 g/mol. The van der Waals surface area contributed by atoms with Gasteiger partial charge in [0.1, 0.15) is 18.2 Å². The number of rotatable bonds is 12. The van der Waals surface area contributed by atoms with E-state index in [-0.39, 0.29) is 11.8 Å². The van der Waals surface area contributed by atoms with Gasteiger partial charge in [-0.25, -0.2) is 9.18 Å². The van der Waals surface area contributed by atoms with Crippen molar-refractivity contribution in [1.82, 2.24) is 4.57 Å². The first-order valence-electron chi connectivity index (χ1n) is 11.9. The first-order chi connectivity index (χ1) is 16.4. The Bertz CT molecular complexity index is 1040. The minimum atomic E-state index is -0.607. The van der Waals surface area contributed by atoms with Crippen LogP contribution >= 0.6 is 0 Å². The predicted octanol–water partition coefficient (Wildman–Crippen LogP) is 6.01. The van der Waals surface area contributed by atoms with Crippen LogP contribution in [-0.4, -0.2) is 36.5 Å². The Morgan fingerprint density at radius 2 is 1.65 bits per heavy atom. The van der Waals surface area contributed by atoms with Crippen LogP contribution in [0.1, 0.15) is 44.9 Å². The summed E-state index contributed by atoms with van der Waals surface area (Å²) in [6.45, 7) is 9.90. The molecule has 0 radical (unpaired) electrons. The molecule has 6 heteroatoms. The SMILES string of the molecule is CCOC(=O)[C@H](Cc1ccc(OCCn2c(-c3ccc(F)cc3)ccc2C(C)C)cc1)OCC. The quantitative estimate of drug-likeness (QED) is 0.306. The van der Waals surface area contributed by atoms with Crippen molar-refractivity contribution >= 4 is 5.97 Å². The smallest absolute Gasteiger partial charge is 0.335 e. The molecule has 0 aliphatic rings. The Balaban J connectivity index is 1.64. The van der Waals surface area contributed by atoms with E-state index in [1.165, 1.54) is 17.8 Å². The second-order valence-electron chi connectivity index (χ2n) is 8.35. The van der Waals surface area contributed by atoms with E-state index in [2.05, 4.69) is 30.5 Å². The van der Waals surface area contributed by atoms with E-state index >= 15 is 0 Å². The van der Waals surface area contributed by atoms with Gasteiger partial charge in [-0.2, -0.15) is 0 Å². The number of ether oxygens (including phenoxy) is 3. The van der Waals surface area contributed by atoms with Crippen molar-refractivity contribution in [3.05, 3.63) is 77.7 Å². The van der Waals surface area contributed by atoms with Crippen molar-refractivity contribution in [1.29, 1.82) is 0 Å². The number of hydrogen-bond donors (Lipinski definition) is 0. The lowest BCUT2D eigenvalue weighted by molar-refractivity contribution is -0.156. The van der Waals surface area contributed by atoms with Crippen molar-refractivity contribution in [2.75, 3.05) is 19.8 Å². The summed E-state index contributed by atoms with van der Waals surface area (Å²) in [5.41, 5.74) is 4.20. The van der Waals surface area contributed by atoms with Crippen LogP contribution in [0.3, 0.4) is 0 Å². The molecule has 0 aliphatic carbocycles. The molecule has 1 heterocycles. The molecule has 1 aromatic heterocycles. The van der Waals surface area contributed by atoms with E-state index in [0.717, 1.165) is 22.6 Å². The van der Waals surface area contributed by atoms with Crippen LogP contribution in [0, 0.1) is 5.82 Å². The average molecular weight is 468 g/mol. The highest BCUT2D eigenvalue weighted by atomic mass is 19.1. The number of carbonyl (C=O) groups excluding carboxylic acids is 1. The second-order valence-corrected chi connectivity index (χ2v) is 8.35. The first kappa shape index (κ1) is 25.5.